The predicted molar refractivity (Wildman–Crippen MR) is 242 cm³/mol. The Morgan fingerprint density at radius 3 is 1.19 bits per heavy atom. The van der Waals surface area contributed by atoms with Crippen molar-refractivity contribution in [1.82, 2.24) is 0 Å². The molecule has 0 aromatic heterocycles. The lowest BCUT2D eigenvalue weighted by molar-refractivity contribution is -0.167. The molecule has 57 heavy (non-hydrogen) atoms. The molecule has 1 unspecified atom stereocenters. The summed E-state index contributed by atoms with van der Waals surface area (Å²) < 4.78 is 16.7. The maximum atomic E-state index is 12.7. The molecule has 0 aliphatic rings. The molecule has 0 aliphatic heterocycles. The van der Waals surface area contributed by atoms with Crippen LogP contribution in [0.15, 0.2) is 72.9 Å². The fourth-order valence-electron chi connectivity index (χ4n) is 6.19. The van der Waals surface area contributed by atoms with Crippen molar-refractivity contribution in [3.8, 4) is 0 Å². The number of allylic oxidation sites excluding steroid dienone is 12. The number of carbonyl (C=O) groups excluding carboxylic acids is 3. The third kappa shape index (κ3) is 43.8. The van der Waals surface area contributed by atoms with Gasteiger partial charge in [-0.15, -0.1) is 0 Å². The molecule has 0 radical (unpaired) electrons. The first kappa shape index (κ1) is 53.9. The maximum absolute atomic E-state index is 12.7. The molecule has 0 saturated carbocycles. The third-order valence-electron chi connectivity index (χ3n) is 9.76. The van der Waals surface area contributed by atoms with Crippen LogP contribution in [0.2, 0.25) is 0 Å². The van der Waals surface area contributed by atoms with Crippen molar-refractivity contribution < 1.29 is 28.6 Å². The quantitative estimate of drug-likeness (QED) is 0.0202. The summed E-state index contributed by atoms with van der Waals surface area (Å²) in [5.41, 5.74) is 0. The minimum atomic E-state index is -0.798. The molecule has 326 valence electrons. The molecule has 0 aromatic rings. The van der Waals surface area contributed by atoms with Gasteiger partial charge in [0.25, 0.3) is 0 Å². The SMILES string of the molecule is CC\C=C/C=C\C=C/C=C\CCCCCC(=O)OC(COC(=O)CCCCCCC/C=C\CCCC)COC(=O)CCCCCCCCC/C=C\CCCCCC. The fraction of sp³-hybridized carbons (Fsp3) is 0.706. The first-order valence-corrected chi connectivity index (χ1v) is 23.5. The van der Waals surface area contributed by atoms with E-state index in [4.69, 9.17) is 14.2 Å². The highest BCUT2D eigenvalue weighted by molar-refractivity contribution is 5.71. The van der Waals surface area contributed by atoms with Crippen molar-refractivity contribution in [1.29, 1.82) is 0 Å². The summed E-state index contributed by atoms with van der Waals surface area (Å²) in [6.07, 6.45) is 56.0. The number of hydrogen-bond acceptors (Lipinski definition) is 6. The second-order valence-corrected chi connectivity index (χ2v) is 15.4. The summed E-state index contributed by atoms with van der Waals surface area (Å²) >= 11 is 0. The first-order valence-electron chi connectivity index (χ1n) is 23.5. The van der Waals surface area contributed by atoms with Gasteiger partial charge in [0.05, 0.1) is 0 Å². The highest BCUT2D eigenvalue weighted by atomic mass is 16.6. The molecular formula is C51H86O6. The van der Waals surface area contributed by atoms with Crippen LogP contribution in [-0.2, 0) is 28.6 Å². The fourth-order valence-corrected chi connectivity index (χ4v) is 6.19. The summed E-state index contributed by atoms with van der Waals surface area (Å²) in [4.78, 5) is 37.8. The molecule has 0 N–H and O–H groups in total. The van der Waals surface area contributed by atoms with E-state index in [1.165, 1.54) is 89.9 Å². The molecule has 0 bridgehead atoms. The number of unbranched alkanes of at least 4 members (excludes halogenated alkanes) is 21. The second kappa shape index (κ2) is 45.6. The van der Waals surface area contributed by atoms with E-state index in [-0.39, 0.29) is 37.5 Å². The van der Waals surface area contributed by atoms with Gasteiger partial charge in [0.1, 0.15) is 13.2 Å². The minimum absolute atomic E-state index is 0.0969. The van der Waals surface area contributed by atoms with E-state index in [1.807, 2.05) is 36.5 Å². The van der Waals surface area contributed by atoms with Crippen molar-refractivity contribution >= 4 is 17.9 Å². The van der Waals surface area contributed by atoms with Gasteiger partial charge in [-0.2, -0.15) is 0 Å². The van der Waals surface area contributed by atoms with Gasteiger partial charge in [-0.3, -0.25) is 14.4 Å². The Morgan fingerprint density at radius 1 is 0.368 bits per heavy atom. The molecule has 0 rings (SSSR count). The van der Waals surface area contributed by atoms with Crippen LogP contribution < -0.4 is 0 Å². The van der Waals surface area contributed by atoms with Crippen molar-refractivity contribution in [2.75, 3.05) is 13.2 Å². The van der Waals surface area contributed by atoms with Crippen molar-refractivity contribution in [3.63, 3.8) is 0 Å². The Labute approximate surface area is 351 Å². The van der Waals surface area contributed by atoms with Gasteiger partial charge >= 0.3 is 17.9 Å². The Kier molecular flexibility index (Phi) is 43.0. The van der Waals surface area contributed by atoms with Gasteiger partial charge in [0.2, 0.25) is 0 Å². The molecule has 1 atom stereocenters. The van der Waals surface area contributed by atoms with Gasteiger partial charge in [0, 0.05) is 19.3 Å². The number of rotatable bonds is 41. The molecule has 0 amide bonds. The van der Waals surface area contributed by atoms with Crippen LogP contribution in [0.4, 0.5) is 0 Å². The van der Waals surface area contributed by atoms with Crippen LogP contribution in [0, 0.1) is 0 Å². The van der Waals surface area contributed by atoms with Crippen molar-refractivity contribution in [2.45, 2.75) is 219 Å². The second-order valence-electron chi connectivity index (χ2n) is 15.4. The van der Waals surface area contributed by atoms with Gasteiger partial charge in [-0.1, -0.05) is 184 Å². The Morgan fingerprint density at radius 2 is 0.719 bits per heavy atom. The lowest BCUT2D eigenvalue weighted by Gasteiger charge is -2.18. The van der Waals surface area contributed by atoms with Gasteiger partial charge in [-0.05, 0) is 83.5 Å². The third-order valence-corrected chi connectivity index (χ3v) is 9.76. The Bertz CT molecular complexity index is 1100. The number of ether oxygens (including phenoxy) is 3. The van der Waals surface area contributed by atoms with Crippen LogP contribution in [0.1, 0.15) is 213 Å². The summed E-state index contributed by atoms with van der Waals surface area (Å²) in [5.74, 6) is -0.955. The first-order chi connectivity index (χ1) is 28.0. The number of hydrogen-bond donors (Lipinski definition) is 0. The average molecular weight is 795 g/mol. The highest BCUT2D eigenvalue weighted by Gasteiger charge is 2.19. The topological polar surface area (TPSA) is 78.9 Å². The van der Waals surface area contributed by atoms with E-state index >= 15 is 0 Å². The standard InChI is InChI=1S/C51H86O6/c1-4-7-10-13-16-19-22-24-25-27-29-32-35-38-41-44-50(53)56-47-48(46-55-49(52)43-40-37-34-31-28-21-18-15-12-9-6-3)57-51(54)45-42-39-36-33-30-26-23-20-17-14-11-8-5-2/h8,11,14-15,17-20,22-23,26,30,48H,4-7,9-10,12-13,16,21,24-25,27-29,31-47H2,1-3H3/b11-8-,17-14-,18-15-,22-19-,23-20-,30-26-. The summed E-state index contributed by atoms with van der Waals surface area (Å²) in [6.45, 7) is 6.38. The lowest BCUT2D eigenvalue weighted by atomic mass is 10.1. The average Bonchev–Trinajstić information content (AvgIpc) is 3.21. The van der Waals surface area contributed by atoms with E-state index in [1.54, 1.807) is 0 Å². The maximum Gasteiger partial charge on any atom is 0.306 e. The molecule has 0 saturated heterocycles. The predicted octanol–water partition coefficient (Wildman–Crippen LogP) is 15.1. The van der Waals surface area contributed by atoms with E-state index in [0.29, 0.717) is 19.3 Å². The van der Waals surface area contributed by atoms with Crippen LogP contribution in [0.5, 0.6) is 0 Å². The van der Waals surface area contributed by atoms with E-state index in [9.17, 15) is 14.4 Å². The molecule has 0 fully saturated rings. The summed E-state index contributed by atoms with van der Waals surface area (Å²) in [5, 5.41) is 0. The van der Waals surface area contributed by atoms with Crippen molar-refractivity contribution in [2.24, 2.45) is 0 Å². The minimum Gasteiger partial charge on any atom is -0.462 e. The molecule has 6 heteroatoms. The van der Waals surface area contributed by atoms with Crippen LogP contribution in [0.25, 0.3) is 0 Å². The van der Waals surface area contributed by atoms with Gasteiger partial charge < -0.3 is 14.2 Å². The van der Waals surface area contributed by atoms with Crippen molar-refractivity contribution in [3.05, 3.63) is 72.9 Å². The molecule has 0 aliphatic carbocycles. The number of carbonyl (C=O) groups is 3. The lowest BCUT2D eigenvalue weighted by Crippen LogP contribution is -2.30. The molecule has 0 spiro atoms. The molecular weight excluding hydrogens is 709 g/mol. The van der Waals surface area contributed by atoms with Gasteiger partial charge in [0.15, 0.2) is 6.10 Å². The monoisotopic (exact) mass is 795 g/mol. The zero-order chi connectivity index (χ0) is 41.5. The Balaban J connectivity index is 4.45. The zero-order valence-electron chi connectivity index (χ0n) is 37.1. The normalized spacial score (nSPS) is 12.7. The molecule has 0 heterocycles. The largest absolute Gasteiger partial charge is 0.462 e. The van der Waals surface area contributed by atoms with Crippen LogP contribution >= 0.6 is 0 Å². The zero-order valence-corrected chi connectivity index (χ0v) is 37.1. The van der Waals surface area contributed by atoms with Crippen LogP contribution in [0.3, 0.4) is 0 Å². The Hall–Kier alpha value is -3.15. The van der Waals surface area contributed by atoms with Gasteiger partial charge in [-0.25, -0.2) is 0 Å². The summed E-state index contributed by atoms with van der Waals surface area (Å²) in [7, 11) is 0. The van der Waals surface area contributed by atoms with E-state index in [2.05, 4.69) is 57.2 Å². The smallest absolute Gasteiger partial charge is 0.306 e. The van der Waals surface area contributed by atoms with Crippen LogP contribution in [-0.4, -0.2) is 37.2 Å². The highest BCUT2D eigenvalue weighted by Crippen LogP contribution is 2.13. The van der Waals surface area contributed by atoms with E-state index < -0.39 is 6.10 Å². The molecule has 0 aromatic carbocycles. The number of esters is 3. The van der Waals surface area contributed by atoms with E-state index in [0.717, 1.165) is 77.0 Å². The molecule has 6 nitrogen and oxygen atoms in total. The summed E-state index contributed by atoms with van der Waals surface area (Å²) in [6, 6.07) is 0.